The van der Waals surface area contributed by atoms with E-state index in [4.69, 9.17) is 9.47 Å². The van der Waals surface area contributed by atoms with Gasteiger partial charge in [0.15, 0.2) is 5.78 Å². The van der Waals surface area contributed by atoms with Crippen LogP contribution in [-0.4, -0.2) is 47.2 Å². The Kier molecular flexibility index (Phi) is 5.60. The Morgan fingerprint density at radius 2 is 1.80 bits per heavy atom. The van der Waals surface area contributed by atoms with Crippen LogP contribution in [0, 0.1) is 6.92 Å². The molecule has 0 unspecified atom stereocenters. The molecule has 2 atom stereocenters. The number of aromatic nitrogens is 3. The third-order valence-corrected chi connectivity index (χ3v) is 4.94. The summed E-state index contributed by atoms with van der Waals surface area (Å²) in [4.78, 5) is 12.3. The lowest BCUT2D eigenvalue weighted by molar-refractivity contribution is -0.0157. The summed E-state index contributed by atoms with van der Waals surface area (Å²) in [5, 5.41) is 8.46. The summed E-state index contributed by atoms with van der Waals surface area (Å²) < 4.78 is 12.8. The summed E-state index contributed by atoms with van der Waals surface area (Å²) in [6, 6.07) is 7.90. The van der Waals surface area contributed by atoms with Crippen molar-refractivity contribution in [2.75, 3.05) is 14.2 Å². The summed E-state index contributed by atoms with van der Waals surface area (Å²) in [6.45, 7) is 2.01. The number of aryl methyl sites for hydroxylation is 2. The highest BCUT2D eigenvalue weighted by molar-refractivity contribution is 5.96. The fraction of sp³-hybridized carbons (Fsp3) is 0.526. The SMILES string of the molecule is CO[C@@H]1CC(n2cc(CCC(=O)c3ccc(C)cc3)nn2)C[C@H]1OC. The molecule has 0 N–H and O–H groups in total. The molecule has 0 saturated heterocycles. The second-order valence-corrected chi connectivity index (χ2v) is 6.65. The van der Waals surface area contributed by atoms with Crippen LogP contribution in [0.4, 0.5) is 0 Å². The molecule has 1 aromatic carbocycles. The molecule has 6 nitrogen and oxygen atoms in total. The predicted octanol–water partition coefficient (Wildman–Crippen LogP) is 2.77. The minimum Gasteiger partial charge on any atom is -0.379 e. The van der Waals surface area contributed by atoms with Gasteiger partial charge in [-0.2, -0.15) is 0 Å². The van der Waals surface area contributed by atoms with Crippen LogP contribution in [0.3, 0.4) is 0 Å². The molecule has 25 heavy (non-hydrogen) atoms. The molecule has 1 aromatic heterocycles. The van der Waals surface area contributed by atoms with Gasteiger partial charge < -0.3 is 9.47 Å². The number of Topliss-reactive ketones (excluding diaryl/α,β-unsaturated/α-hetero) is 1. The largest absolute Gasteiger partial charge is 0.379 e. The number of carbonyl (C=O) groups excluding carboxylic acids is 1. The molecule has 3 rings (SSSR count). The van der Waals surface area contributed by atoms with E-state index in [0.717, 1.165) is 29.7 Å². The van der Waals surface area contributed by atoms with Crippen molar-refractivity contribution in [3.05, 3.63) is 47.3 Å². The second-order valence-electron chi connectivity index (χ2n) is 6.65. The maximum atomic E-state index is 12.3. The molecule has 1 saturated carbocycles. The topological polar surface area (TPSA) is 66.2 Å². The smallest absolute Gasteiger partial charge is 0.163 e. The number of carbonyl (C=O) groups is 1. The van der Waals surface area contributed by atoms with Crippen molar-refractivity contribution in [3.8, 4) is 0 Å². The van der Waals surface area contributed by atoms with Gasteiger partial charge in [0.2, 0.25) is 0 Å². The highest BCUT2D eigenvalue weighted by atomic mass is 16.5. The van der Waals surface area contributed by atoms with Gasteiger partial charge in [0.25, 0.3) is 0 Å². The van der Waals surface area contributed by atoms with E-state index >= 15 is 0 Å². The van der Waals surface area contributed by atoms with E-state index in [0.29, 0.717) is 12.8 Å². The van der Waals surface area contributed by atoms with Crippen molar-refractivity contribution in [1.82, 2.24) is 15.0 Å². The van der Waals surface area contributed by atoms with Crippen molar-refractivity contribution in [2.45, 2.75) is 50.9 Å². The van der Waals surface area contributed by atoms with E-state index in [9.17, 15) is 4.79 Å². The number of hydrogen-bond acceptors (Lipinski definition) is 5. The van der Waals surface area contributed by atoms with Crippen molar-refractivity contribution in [3.63, 3.8) is 0 Å². The van der Waals surface area contributed by atoms with Crippen LogP contribution in [0.2, 0.25) is 0 Å². The quantitative estimate of drug-likeness (QED) is 0.723. The Morgan fingerprint density at radius 3 is 2.40 bits per heavy atom. The first-order valence-corrected chi connectivity index (χ1v) is 8.67. The number of hydrogen-bond donors (Lipinski definition) is 0. The second kappa shape index (κ2) is 7.89. The average molecular weight is 343 g/mol. The van der Waals surface area contributed by atoms with E-state index in [-0.39, 0.29) is 24.0 Å². The monoisotopic (exact) mass is 343 g/mol. The van der Waals surface area contributed by atoms with Crippen LogP contribution in [-0.2, 0) is 15.9 Å². The standard InChI is InChI=1S/C19H25N3O3/c1-13-4-6-14(7-5-13)17(23)9-8-15-12-22(21-20-15)16-10-18(24-2)19(11-16)25-3/h4-7,12,16,18-19H,8-11H2,1-3H3/t18-,19-/m1/s1. The number of ketones is 1. The van der Waals surface area contributed by atoms with Gasteiger partial charge >= 0.3 is 0 Å². The first kappa shape index (κ1) is 17.8. The summed E-state index contributed by atoms with van der Waals surface area (Å²) in [5.41, 5.74) is 2.75. The zero-order valence-corrected chi connectivity index (χ0v) is 15.0. The van der Waals surface area contributed by atoms with Gasteiger partial charge in [0.05, 0.1) is 23.9 Å². The van der Waals surface area contributed by atoms with Crippen molar-refractivity contribution < 1.29 is 14.3 Å². The molecule has 134 valence electrons. The van der Waals surface area contributed by atoms with E-state index < -0.39 is 0 Å². The summed E-state index contributed by atoms with van der Waals surface area (Å²) in [6.07, 6.45) is 4.88. The average Bonchev–Trinajstić information content (AvgIpc) is 3.26. The summed E-state index contributed by atoms with van der Waals surface area (Å²) in [7, 11) is 3.42. The third-order valence-electron chi connectivity index (χ3n) is 4.94. The summed E-state index contributed by atoms with van der Waals surface area (Å²) >= 11 is 0. The lowest BCUT2D eigenvalue weighted by Crippen LogP contribution is -2.23. The molecule has 1 fully saturated rings. The van der Waals surface area contributed by atoms with Gasteiger partial charge in [-0.1, -0.05) is 35.0 Å². The minimum atomic E-state index is 0.0887. The Morgan fingerprint density at radius 1 is 1.16 bits per heavy atom. The van der Waals surface area contributed by atoms with E-state index in [1.165, 1.54) is 0 Å². The molecule has 1 aliphatic carbocycles. The lowest BCUT2D eigenvalue weighted by Gasteiger charge is -2.14. The molecule has 2 aromatic rings. The van der Waals surface area contributed by atoms with E-state index in [1.54, 1.807) is 14.2 Å². The number of benzene rings is 1. The number of nitrogens with zero attached hydrogens (tertiary/aromatic N) is 3. The fourth-order valence-electron chi connectivity index (χ4n) is 3.38. The molecule has 1 aliphatic rings. The number of rotatable bonds is 7. The lowest BCUT2D eigenvalue weighted by atomic mass is 10.0. The molecule has 0 radical (unpaired) electrons. The van der Waals surface area contributed by atoms with Crippen molar-refractivity contribution >= 4 is 5.78 Å². The highest BCUT2D eigenvalue weighted by Gasteiger charge is 2.36. The molecule has 0 aliphatic heterocycles. The van der Waals surface area contributed by atoms with Crippen LogP contribution < -0.4 is 0 Å². The Hall–Kier alpha value is -2.05. The van der Waals surface area contributed by atoms with Gasteiger partial charge in [-0.25, -0.2) is 4.68 Å². The van der Waals surface area contributed by atoms with Gasteiger partial charge in [0.1, 0.15) is 0 Å². The van der Waals surface area contributed by atoms with Crippen molar-refractivity contribution in [2.24, 2.45) is 0 Å². The zero-order valence-electron chi connectivity index (χ0n) is 15.0. The normalized spacial score (nSPS) is 20.9. The van der Waals surface area contributed by atoms with Gasteiger partial charge in [-0.05, 0) is 19.8 Å². The van der Waals surface area contributed by atoms with Crippen molar-refractivity contribution in [1.29, 1.82) is 0 Å². The molecular weight excluding hydrogens is 318 g/mol. The highest BCUT2D eigenvalue weighted by Crippen LogP contribution is 2.33. The van der Waals surface area contributed by atoms with Gasteiger partial charge in [-0.3, -0.25) is 4.79 Å². The Labute approximate surface area is 148 Å². The molecule has 6 heteroatoms. The van der Waals surface area contributed by atoms with Crippen LogP contribution in [0.1, 0.15) is 46.9 Å². The Bertz CT molecular complexity index is 699. The molecule has 0 spiro atoms. The Balaban J connectivity index is 1.57. The van der Waals surface area contributed by atoms with E-state index in [1.807, 2.05) is 42.1 Å². The van der Waals surface area contributed by atoms with Crippen LogP contribution in [0.5, 0.6) is 0 Å². The van der Waals surface area contributed by atoms with Gasteiger partial charge in [-0.15, -0.1) is 5.10 Å². The predicted molar refractivity (Wildman–Crippen MR) is 93.7 cm³/mol. The number of methoxy groups -OCH3 is 2. The molecule has 0 bridgehead atoms. The molecular formula is C19H25N3O3. The third kappa shape index (κ3) is 4.14. The number of ether oxygens (including phenoxy) is 2. The minimum absolute atomic E-state index is 0.0887. The van der Waals surface area contributed by atoms with E-state index in [2.05, 4.69) is 10.3 Å². The zero-order chi connectivity index (χ0) is 17.8. The molecule has 0 amide bonds. The van der Waals surface area contributed by atoms with Crippen LogP contribution in [0.15, 0.2) is 30.5 Å². The van der Waals surface area contributed by atoms with Crippen LogP contribution in [0.25, 0.3) is 0 Å². The molecule has 1 heterocycles. The maximum Gasteiger partial charge on any atom is 0.163 e. The summed E-state index contributed by atoms with van der Waals surface area (Å²) in [5.74, 6) is 0.134. The maximum absolute atomic E-state index is 12.3. The first-order chi connectivity index (χ1) is 12.1. The van der Waals surface area contributed by atoms with Crippen LogP contribution >= 0.6 is 0 Å². The first-order valence-electron chi connectivity index (χ1n) is 8.67. The fourth-order valence-corrected chi connectivity index (χ4v) is 3.38. The van der Waals surface area contributed by atoms with Gasteiger partial charge in [0, 0.05) is 38.8 Å².